The van der Waals surface area contributed by atoms with Crippen molar-refractivity contribution in [2.24, 2.45) is 0 Å². The molecule has 3 aromatic rings. The maximum atomic E-state index is 13.3. The fourth-order valence-corrected chi connectivity index (χ4v) is 7.14. The monoisotopic (exact) mass is 585 g/mol. The largest absolute Gasteiger partial charge is 0.519 e. The molecule has 1 saturated heterocycles. The molecule has 1 N–H and O–H groups in total. The Hall–Kier alpha value is -3.55. The molecule has 0 aliphatic carbocycles. The van der Waals surface area contributed by atoms with Crippen molar-refractivity contribution in [3.8, 4) is 0 Å². The molecule has 2 aliphatic rings. The maximum absolute atomic E-state index is 13.3. The third kappa shape index (κ3) is 5.89. The highest BCUT2D eigenvalue weighted by Crippen LogP contribution is 2.44. The molecular formula is C26H23N3O7S3. The second-order valence-corrected chi connectivity index (χ2v) is 11.6. The molecular weight excluding hydrogens is 563 g/mol. The molecule has 39 heavy (non-hydrogen) atoms. The molecule has 0 spiro atoms. The summed E-state index contributed by atoms with van der Waals surface area (Å²) >= 11 is 4.27. The molecule has 0 bridgehead atoms. The van der Waals surface area contributed by atoms with E-state index >= 15 is 0 Å². The van der Waals surface area contributed by atoms with Crippen molar-refractivity contribution in [1.82, 2.24) is 15.2 Å². The number of rotatable bonds is 9. The van der Waals surface area contributed by atoms with Gasteiger partial charge < -0.3 is 18.9 Å². The average molecular weight is 586 g/mol. The number of ether oxygens (including phenoxy) is 1. The van der Waals surface area contributed by atoms with Gasteiger partial charge in [0.15, 0.2) is 18.1 Å². The van der Waals surface area contributed by atoms with E-state index in [9.17, 15) is 19.2 Å². The Balaban J connectivity index is 1.33. The Bertz CT molecular complexity index is 1520. The maximum Gasteiger partial charge on any atom is 0.519 e. The van der Waals surface area contributed by atoms with E-state index in [-0.39, 0.29) is 36.2 Å². The van der Waals surface area contributed by atoms with Crippen LogP contribution in [0.4, 0.5) is 0 Å². The first-order valence-electron chi connectivity index (χ1n) is 11.8. The molecule has 2 atom stereocenters. The summed E-state index contributed by atoms with van der Waals surface area (Å²) in [5.74, 6) is -1.58. The topological polar surface area (TPSA) is 132 Å². The summed E-state index contributed by atoms with van der Waals surface area (Å²) in [5.41, 5.74) is 3.59. The normalized spacial score (nSPS) is 18.7. The zero-order valence-electron chi connectivity index (χ0n) is 20.9. The van der Waals surface area contributed by atoms with Crippen LogP contribution in [0.15, 0.2) is 65.5 Å². The van der Waals surface area contributed by atoms with Gasteiger partial charge in [-0.25, -0.2) is 14.6 Å². The number of thioether (sulfide) groups is 2. The van der Waals surface area contributed by atoms with E-state index < -0.39 is 29.1 Å². The van der Waals surface area contributed by atoms with Gasteiger partial charge in [-0.1, -0.05) is 42.1 Å². The zero-order chi connectivity index (χ0) is 27.5. The van der Waals surface area contributed by atoms with Gasteiger partial charge in [0.2, 0.25) is 5.91 Å². The molecule has 0 radical (unpaired) electrons. The van der Waals surface area contributed by atoms with Gasteiger partial charge in [0.05, 0.1) is 22.5 Å². The number of aryl methyl sites for hydroxylation is 2. The summed E-state index contributed by atoms with van der Waals surface area (Å²) < 4.78 is 15.2. The lowest BCUT2D eigenvalue weighted by Gasteiger charge is -2.49. The number of hydrogen-bond acceptors (Lipinski definition) is 11. The number of thiazole rings is 1. The number of aromatic nitrogens is 1. The molecule has 2 aromatic heterocycles. The van der Waals surface area contributed by atoms with Gasteiger partial charge in [-0.15, -0.1) is 23.1 Å². The van der Waals surface area contributed by atoms with Crippen LogP contribution >= 0.6 is 34.9 Å². The van der Waals surface area contributed by atoms with E-state index in [1.807, 2.05) is 48.7 Å². The van der Waals surface area contributed by atoms with Crippen LogP contribution in [0.1, 0.15) is 27.7 Å². The summed E-state index contributed by atoms with van der Waals surface area (Å²) in [5, 5.41) is 4.20. The number of carbonyl (C=O) groups is 3. The minimum atomic E-state index is -0.890. The third-order valence-electron chi connectivity index (χ3n) is 6.03. The lowest BCUT2D eigenvalue weighted by molar-refractivity contribution is -0.153. The van der Waals surface area contributed by atoms with Crippen molar-refractivity contribution < 1.29 is 28.0 Å². The standard InChI is InChI=1S/C26H23N3O7S3/c1-14-18(39-13-27-14)8-9-37-19-12-38-24-21(28-20(30)10-16-6-4-3-5-7-16)23(31)29(24)22(19)25(32)34-11-17-15(2)35-26(33)36-17/h3-9,13,21,24H,10-12H2,1-2H3,(H,28,30)/b9-8-/t21-,24-/m1/s1. The first-order chi connectivity index (χ1) is 18.8. The summed E-state index contributed by atoms with van der Waals surface area (Å²) in [7, 11) is 0. The van der Waals surface area contributed by atoms with Gasteiger partial charge >= 0.3 is 11.8 Å². The Morgan fingerprint density at radius 2 is 2.03 bits per heavy atom. The van der Waals surface area contributed by atoms with Gasteiger partial charge in [0.25, 0.3) is 5.91 Å². The number of β-lactam (4-membered cyclic amide) rings is 1. The summed E-state index contributed by atoms with van der Waals surface area (Å²) in [6, 6.07) is 8.48. The lowest BCUT2D eigenvalue weighted by Crippen LogP contribution is -2.70. The fourth-order valence-electron chi connectivity index (χ4n) is 4.03. The van der Waals surface area contributed by atoms with Crippen LogP contribution in [0.3, 0.4) is 0 Å². The first kappa shape index (κ1) is 27.0. The van der Waals surface area contributed by atoms with Gasteiger partial charge in [0, 0.05) is 10.7 Å². The fraction of sp³-hybridized carbons (Fsp3) is 0.269. The molecule has 1 aromatic carbocycles. The third-order valence-corrected chi connectivity index (χ3v) is 9.29. The number of carbonyl (C=O) groups excluding carboxylic acids is 3. The van der Waals surface area contributed by atoms with E-state index in [2.05, 4.69) is 10.3 Å². The minimum absolute atomic E-state index is 0.0893. The highest BCUT2D eigenvalue weighted by molar-refractivity contribution is 8.08. The second kappa shape index (κ2) is 11.7. The first-order valence-corrected chi connectivity index (χ1v) is 14.6. The summed E-state index contributed by atoms with van der Waals surface area (Å²) in [6.07, 6.45) is 2.04. The number of amides is 2. The molecule has 2 aliphatic heterocycles. The Kier molecular flexibility index (Phi) is 8.10. The Morgan fingerprint density at radius 1 is 1.23 bits per heavy atom. The van der Waals surface area contributed by atoms with Crippen molar-refractivity contribution in [2.75, 3.05) is 5.75 Å². The Labute approximate surface area is 235 Å². The van der Waals surface area contributed by atoms with E-state index in [0.717, 1.165) is 16.1 Å². The van der Waals surface area contributed by atoms with Crippen molar-refractivity contribution >= 4 is 58.7 Å². The number of hydrogen-bond donors (Lipinski definition) is 1. The second-order valence-electron chi connectivity index (χ2n) is 8.62. The van der Waals surface area contributed by atoms with Crippen LogP contribution < -0.4 is 11.1 Å². The molecule has 202 valence electrons. The van der Waals surface area contributed by atoms with E-state index in [4.69, 9.17) is 13.6 Å². The predicted molar refractivity (Wildman–Crippen MR) is 147 cm³/mol. The average Bonchev–Trinajstić information content (AvgIpc) is 3.48. The minimum Gasteiger partial charge on any atom is -0.453 e. The number of nitrogens with one attached hydrogen (secondary N) is 1. The van der Waals surface area contributed by atoms with Crippen LogP contribution in [0.5, 0.6) is 0 Å². The van der Waals surface area contributed by atoms with E-state index in [1.165, 1.54) is 46.7 Å². The van der Waals surface area contributed by atoms with Gasteiger partial charge in [-0.05, 0) is 30.9 Å². The quantitative estimate of drug-likeness (QED) is 0.293. The molecule has 5 rings (SSSR count). The van der Waals surface area contributed by atoms with Crippen LogP contribution in [0, 0.1) is 13.8 Å². The van der Waals surface area contributed by atoms with Crippen molar-refractivity contribution in [3.05, 3.63) is 90.1 Å². The van der Waals surface area contributed by atoms with E-state index in [0.29, 0.717) is 10.7 Å². The summed E-state index contributed by atoms with van der Waals surface area (Å²) in [4.78, 5) is 57.7. The number of benzene rings is 1. The smallest absolute Gasteiger partial charge is 0.453 e. The van der Waals surface area contributed by atoms with Crippen LogP contribution in [-0.2, 0) is 32.1 Å². The Morgan fingerprint density at radius 3 is 2.72 bits per heavy atom. The lowest BCUT2D eigenvalue weighted by atomic mass is 10.0. The van der Waals surface area contributed by atoms with Gasteiger partial charge in [0.1, 0.15) is 17.1 Å². The molecule has 4 heterocycles. The number of fused-ring (bicyclic) bond motifs is 1. The summed E-state index contributed by atoms with van der Waals surface area (Å²) in [6.45, 7) is 3.10. The predicted octanol–water partition coefficient (Wildman–Crippen LogP) is 3.61. The molecule has 1 fully saturated rings. The van der Waals surface area contributed by atoms with Crippen LogP contribution in [-0.4, -0.2) is 44.8 Å². The van der Waals surface area contributed by atoms with Crippen molar-refractivity contribution in [1.29, 1.82) is 0 Å². The molecule has 13 heteroatoms. The molecule has 0 saturated carbocycles. The highest BCUT2D eigenvalue weighted by Gasteiger charge is 2.54. The van der Waals surface area contributed by atoms with Crippen LogP contribution in [0.2, 0.25) is 0 Å². The SMILES string of the molecule is Cc1ncsc1/C=C\SC1=C(C(=O)OCc2oc(=O)oc2C)N2C(=O)[C@@H](NC(=O)Cc3ccccc3)[C@H]2SC1. The van der Waals surface area contributed by atoms with Gasteiger partial charge in [-0.2, -0.15) is 0 Å². The zero-order valence-corrected chi connectivity index (χ0v) is 23.3. The molecule has 10 nitrogen and oxygen atoms in total. The number of esters is 1. The van der Waals surface area contributed by atoms with Crippen LogP contribution in [0.25, 0.3) is 6.08 Å². The molecule has 0 unspecified atom stereocenters. The van der Waals surface area contributed by atoms with E-state index in [1.54, 1.807) is 5.51 Å². The highest BCUT2D eigenvalue weighted by atomic mass is 32.2. The van der Waals surface area contributed by atoms with Crippen molar-refractivity contribution in [3.63, 3.8) is 0 Å². The molecule has 2 amide bonds. The van der Waals surface area contributed by atoms with Crippen molar-refractivity contribution in [2.45, 2.75) is 38.3 Å². The van der Waals surface area contributed by atoms with Gasteiger partial charge in [-0.3, -0.25) is 14.5 Å². The number of nitrogens with zero attached hydrogens (tertiary/aromatic N) is 2.